The summed E-state index contributed by atoms with van der Waals surface area (Å²) in [5, 5.41) is 44.7. The highest BCUT2D eigenvalue weighted by Gasteiger charge is 2.64. The molecule has 6 N–H and O–H groups in total. The number of allylic oxidation sites excluding steroid dienone is 6. The Kier molecular flexibility index (Phi) is 5.96. The van der Waals surface area contributed by atoms with E-state index in [1.54, 1.807) is 20.2 Å². The highest BCUT2D eigenvalue weighted by Crippen LogP contribution is 2.53. The molecular weight excluding hydrogens is 488 g/mol. The van der Waals surface area contributed by atoms with E-state index in [2.05, 4.69) is 0 Å². The summed E-state index contributed by atoms with van der Waals surface area (Å²) in [5.74, 6) is -6.55. The van der Waals surface area contributed by atoms with Gasteiger partial charge in [0.2, 0.25) is 5.78 Å². The molecule has 0 heterocycles. The van der Waals surface area contributed by atoms with Crippen LogP contribution in [-0.2, 0) is 20.8 Å². The van der Waals surface area contributed by atoms with Crippen LogP contribution in [-0.4, -0.2) is 68.5 Å². The van der Waals surface area contributed by atoms with E-state index in [-0.39, 0.29) is 29.7 Å². The number of carbonyl (C=O) groups is 3. The zero-order valence-corrected chi connectivity index (χ0v) is 21.4. The lowest BCUT2D eigenvalue weighted by Crippen LogP contribution is -2.65. The Hall–Kier alpha value is -3.95. The zero-order valence-electron chi connectivity index (χ0n) is 21.4. The average molecular weight is 519 g/mol. The monoisotopic (exact) mass is 518 g/mol. The maximum Gasteiger partial charge on any atom is 0.255 e. The van der Waals surface area contributed by atoms with Crippen molar-refractivity contribution >= 4 is 28.8 Å². The van der Waals surface area contributed by atoms with Gasteiger partial charge in [-0.1, -0.05) is 30.4 Å². The van der Waals surface area contributed by atoms with Crippen LogP contribution in [0.4, 0.5) is 0 Å². The van der Waals surface area contributed by atoms with Gasteiger partial charge in [0, 0.05) is 11.5 Å². The molecule has 4 atom stereocenters. The Morgan fingerprint density at radius 2 is 1.87 bits per heavy atom. The number of rotatable bonds is 4. The van der Waals surface area contributed by atoms with Crippen LogP contribution in [0.3, 0.4) is 0 Å². The number of amides is 1. The van der Waals surface area contributed by atoms with E-state index in [1.807, 2.05) is 31.2 Å². The summed E-state index contributed by atoms with van der Waals surface area (Å²) in [6.45, 7) is 1.93. The summed E-state index contributed by atoms with van der Waals surface area (Å²) in [6, 6.07) is 2.13. The Morgan fingerprint density at radius 3 is 2.50 bits per heavy atom. The fourth-order valence-electron chi connectivity index (χ4n) is 6.60. The molecule has 4 aliphatic rings. The minimum absolute atomic E-state index is 0.0575. The number of nitrogens with two attached hydrogens (primary N) is 1. The van der Waals surface area contributed by atoms with Gasteiger partial charge >= 0.3 is 0 Å². The number of carbonyl (C=O) groups excluding carboxylic acids is 3. The zero-order chi connectivity index (χ0) is 27.7. The minimum Gasteiger partial charge on any atom is -0.508 e. The van der Waals surface area contributed by atoms with Crippen LogP contribution in [0.1, 0.15) is 36.5 Å². The van der Waals surface area contributed by atoms with Crippen LogP contribution >= 0.6 is 0 Å². The molecule has 9 nitrogen and oxygen atoms in total. The SMILES string of the molecule is C/C=C/C1=CC=C(c2ccc(O)c3c2C[C@H]2C[C@H]4[C@H](N(C)C)C(=O)C(C(N)=O)=C(O)[C@@]4(O)C(=O)C2=C3O)C1. The first-order valence-electron chi connectivity index (χ1n) is 12.5. The molecule has 0 unspecified atom stereocenters. The molecule has 0 aromatic heterocycles. The number of aliphatic hydroxyl groups is 3. The minimum atomic E-state index is -2.64. The number of aliphatic hydroxyl groups excluding tert-OH is 2. The van der Waals surface area contributed by atoms with E-state index in [0.29, 0.717) is 12.0 Å². The van der Waals surface area contributed by atoms with Gasteiger partial charge in [-0.2, -0.15) is 0 Å². The van der Waals surface area contributed by atoms with E-state index in [4.69, 9.17) is 5.73 Å². The maximum atomic E-state index is 13.9. The second-order valence-corrected chi connectivity index (χ2v) is 10.6. The van der Waals surface area contributed by atoms with Crippen LogP contribution in [0.15, 0.2) is 58.9 Å². The maximum absolute atomic E-state index is 13.9. The van der Waals surface area contributed by atoms with Crippen LogP contribution in [0.5, 0.6) is 5.75 Å². The molecule has 1 amide bonds. The first-order chi connectivity index (χ1) is 17.9. The normalized spacial score (nSPS) is 28.9. The lowest BCUT2D eigenvalue weighted by molar-refractivity contribution is -0.153. The molecule has 198 valence electrons. The number of aromatic hydroxyl groups is 1. The molecule has 4 aliphatic carbocycles. The lowest BCUT2D eigenvalue weighted by atomic mass is 9.57. The second-order valence-electron chi connectivity index (χ2n) is 10.6. The number of phenols is 1. The van der Waals surface area contributed by atoms with Crippen LogP contribution in [0.25, 0.3) is 11.3 Å². The Bertz CT molecular complexity index is 1460. The molecule has 1 saturated carbocycles. The number of hydrogen-bond acceptors (Lipinski definition) is 8. The van der Waals surface area contributed by atoms with Crippen molar-refractivity contribution < 1.29 is 34.8 Å². The summed E-state index contributed by atoms with van der Waals surface area (Å²) in [7, 11) is 3.15. The first kappa shape index (κ1) is 25.7. The Morgan fingerprint density at radius 1 is 1.16 bits per heavy atom. The smallest absolute Gasteiger partial charge is 0.255 e. The van der Waals surface area contributed by atoms with E-state index in [9.17, 15) is 34.8 Å². The molecule has 0 bridgehead atoms. The number of phenolic OH excluding ortho intramolecular Hbond substituents is 1. The van der Waals surface area contributed by atoms with Gasteiger partial charge in [0.25, 0.3) is 5.91 Å². The molecule has 38 heavy (non-hydrogen) atoms. The number of benzene rings is 1. The van der Waals surface area contributed by atoms with Crippen molar-refractivity contribution in [1.82, 2.24) is 4.90 Å². The molecule has 9 heteroatoms. The van der Waals surface area contributed by atoms with Gasteiger partial charge in [0.15, 0.2) is 11.4 Å². The van der Waals surface area contributed by atoms with Gasteiger partial charge in [-0.3, -0.25) is 19.3 Å². The summed E-state index contributed by atoms with van der Waals surface area (Å²) in [6.07, 6.45) is 8.93. The fraction of sp³-hybridized carbons (Fsp3) is 0.345. The van der Waals surface area contributed by atoms with Crippen LogP contribution < -0.4 is 5.73 Å². The predicted molar refractivity (Wildman–Crippen MR) is 140 cm³/mol. The lowest BCUT2D eigenvalue weighted by Gasteiger charge is -2.50. The quantitative estimate of drug-likeness (QED) is 0.379. The average Bonchev–Trinajstić information content (AvgIpc) is 3.29. The van der Waals surface area contributed by atoms with Crippen molar-refractivity contribution in [3.63, 3.8) is 0 Å². The molecular formula is C29H30N2O7. The van der Waals surface area contributed by atoms with Gasteiger partial charge in [-0.15, -0.1) is 0 Å². The predicted octanol–water partition coefficient (Wildman–Crippen LogP) is 2.25. The first-order valence-corrected chi connectivity index (χ1v) is 12.5. The van der Waals surface area contributed by atoms with Crippen LogP contribution in [0, 0.1) is 11.8 Å². The van der Waals surface area contributed by atoms with Crippen molar-refractivity contribution in [2.75, 3.05) is 14.1 Å². The number of ketones is 2. The van der Waals surface area contributed by atoms with Crippen molar-refractivity contribution in [1.29, 1.82) is 0 Å². The highest BCUT2D eigenvalue weighted by molar-refractivity contribution is 6.24. The molecule has 0 radical (unpaired) electrons. The summed E-state index contributed by atoms with van der Waals surface area (Å²) < 4.78 is 0. The van der Waals surface area contributed by atoms with Gasteiger partial charge in [-0.05, 0) is 74.5 Å². The number of hydrogen-bond donors (Lipinski definition) is 5. The molecule has 0 spiro atoms. The topological polar surface area (TPSA) is 161 Å². The number of Topliss-reactive ketones (excluding diaryl/α,β-unsaturated/α-hetero) is 2. The van der Waals surface area contributed by atoms with Gasteiger partial charge in [0.1, 0.15) is 22.8 Å². The second kappa shape index (κ2) is 8.82. The standard InChI is InChI=1S/C29H30N2O7/c1-4-5-13-6-7-14(10-13)16-8-9-19(32)21-17(16)11-15-12-18-23(31(2)3)25(34)22(28(30)37)27(36)29(18,38)26(35)20(15)24(21)33/h4-9,15,18,23,32-33,36,38H,10-12H2,1-3H3,(H2,30,37)/b5-4+/t15-,18-,23-,29-/m0/s1. The number of fused-ring (bicyclic) bond motifs is 3. The molecule has 1 aromatic rings. The van der Waals surface area contributed by atoms with E-state index in [1.165, 1.54) is 11.0 Å². The van der Waals surface area contributed by atoms with Crippen molar-refractivity contribution in [3.05, 3.63) is 75.6 Å². The fourth-order valence-corrected chi connectivity index (χ4v) is 6.60. The van der Waals surface area contributed by atoms with Crippen molar-refractivity contribution in [3.8, 4) is 5.75 Å². The Balaban J connectivity index is 1.68. The van der Waals surface area contributed by atoms with Crippen LogP contribution in [0.2, 0.25) is 0 Å². The summed E-state index contributed by atoms with van der Waals surface area (Å²) >= 11 is 0. The highest BCUT2D eigenvalue weighted by atomic mass is 16.3. The van der Waals surface area contributed by atoms with E-state index in [0.717, 1.165) is 16.7 Å². The van der Waals surface area contributed by atoms with Gasteiger partial charge in [0.05, 0.1) is 11.6 Å². The largest absolute Gasteiger partial charge is 0.508 e. The number of primary amides is 1. The molecule has 0 saturated heterocycles. The summed E-state index contributed by atoms with van der Waals surface area (Å²) in [5.41, 5.74) is 5.43. The van der Waals surface area contributed by atoms with Gasteiger partial charge < -0.3 is 26.2 Å². The molecule has 1 aromatic carbocycles. The van der Waals surface area contributed by atoms with E-state index >= 15 is 0 Å². The number of nitrogens with zero attached hydrogens (tertiary/aromatic N) is 1. The molecule has 0 aliphatic heterocycles. The van der Waals surface area contributed by atoms with E-state index < -0.39 is 58.0 Å². The third kappa shape index (κ3) is 3.42. The molecule has 5 rings (SSSR count). The van der Waals surface area contributed by atoms with Crippen molar-refractivity contribution in [2.24, 2.45) is 17.6 Å². The van der Waals surface area contributed by atoms with Crippen molar-refractivity contribution in [2.45, 2.75) is 37.8 Å². The number of likely N-dealkylation sites (N-methyl/N-ethyl adjacent to an activating group) is 1. The molecule has 1 fully saturated rings. The van der Waals surface area contributed by atoms with Gasteiger partial charge in [-0.25, -0.2) is 0 Å². The Labute approximate surface area is 219 Å². The summed E-state index contributed by atoms with van der Waals surface area (Å²) in [4.78, 5) is 40.7. The third-order valence-electron chi connectivity index (χ3n) is 8.22. The third-order valence-corrected chi connectivity index (χ3v) is 8.22.